The minimum absolute atomic E-state index is 0.0881. The molecule has 4 nitrogen and oxygen atoms in total. The Bertz CT molecular complexity index is 1030. The molecule has 0 unspecified atom stereocenters. The second kappa shape index (κ2) is 8.04. The molecule has 1 atom stereocenters. The lowest BCUT2D eigenvalue weighted by molar-refractivity contribution is -0.112. The highest BCUT2D eigenvalue weighted by molar-refractivity contribution is 9.10. The fourth-order valence-corrected chi connectivity index (χ4v) is 4.36. The summed E-state index contributed by atoms with van der Waals surface area (Å²) in [4.78, 5) is 15.0. The molecule has 2 aromatic carbocycles. The number of hydrogen-bond donors (Lipinski definition) is 1. The fourth-order valence-electron chi connectivity index (χ4n) is 3.96. The van der Waals surface area contributed by atoms with Crippen LogP contribution >= 0.6 is 15.9 Å². The van der Waals surface area contributed by atoms with E-state index < -0.39 is 5.91 Å². The van der Waals surface area contributed by atoms with Gasteiger partial charge in [-0.3, -0.25) is 4.79 Å². The highest BCUT2D eigenvalue weighted by atomic mass is 79.9. The number of rotatable bonds is 3. The zero-order chi connectivity index (χ0) is 21.3. The van der Waals surface area contributed by atoms with Gasteiger partial charge in [0.15, 0.2) is 0 Å². The molecular formula is C24H26BrN3O. The lowest BCUT2D eigenvalue weighted by atomic mass is 9.79. The highest BCUT2D eigenvalue weighted by Crippen LogP contribution is 2.43. The van der Waals surface area contributed by atoms with Crippen molar-refractivity contribution in [2.75, 3.05) is 17.3 Å². The topological polar surface area (TPSA) is 56.1 Å². The van der Waals surface area contributed by atoms with E-state index in [4.69, 9.17) is 0 Å². The summed E-state index contributed by atoms with van der Waals surface area (Å²) in [6.07, 6.45) is 2.74. The van der Waals surface area contributed by atoms with E-state index in [-0.39, 0.29) is 11.1 Å². The first-order valence-corrected chi connectivity index (χ1v) is 10.5. The first-order chi connectivity index (χ1) is 13.6. The Morgan fingerprint density at radius 3 is 2.72 bits per heavy atom. The largest absolute Gasteiger partial charge is 0.369 e. The van der Waals surface area contributed by atoms with Gasteiger partial charge in [0.25, 0.3) is 5.91 Å². The Morgan fingerprint density at radius 1 is 1.34 bits per heavy atom. The second-order valence-electron chi connectivity index (χ2n) is 8.38. The van der Waals surface area contributed by atoms with Crippen LogP contribution in [0.1, 0.15) is 49.8 Å². The molecule has 5 heteroatoms. The first-order valence-electron chi connectivity index (χ1n) is 9.69. The van der Waals surface area contributed by atoms with Gasteiger partial charge in [-0.25, -0.2) is 0 Å². The highest BCUT2D eigenvalue weighted by Gasteiger charge is 2.34. The number of anilines is 2. The van der Waals surface area contributed by atoms with Crippen LogP contribution in [-0.2, 0) is 4.79 Å². The third-order valence-electron chi connectivity index (χ3n) is 5.77. The molecule has 0 aromatic heterocycles. The van der Waals surface area contributed by atoms with Gasteiger partial charge in [0.05, 0.1) is 0 Å². The van der Waals surface area contributed by atoms with Crippen LogP contribution in [0.5, 0.6) is 0 Å². The number of aryl methyl sites for hydroxylation is 1. The summed E-state index contributed by atoms with van der Waals surface area (Å²) in [6.45, 7) is 8.78. The third-order valence-corrected chi connectivity index (χ3v) is 6.26. The van der Waals surface area contributed by atoms with E-state index in [1.54, 1.807) is 18.2 Å². The number of nitrogens with one attached hydrogen (secondary N) is 1. The number of fused-ring (bicyclic) bond motifs is 1. The Morgan fingerprint density at radius 2 is 2.07 bits per heavy atom. The number of halogens is 1. The van der Waals surface area contributed by atoms with Crippen molar-refractivity contribution in [2.24, 2.45) is 0 Å². The summed E-state index contributed by atoms with van der Waals surface area (Å²) < 4.78 is 0.865. The second-order valence-corrected chi connectivity index (χ2v) is 9.29. The average Bonchev–Trinajstić information content (AvgIpc) is 2.64. The number of nitriles is 1. The Kier molecular flexibility index (Phi) is 5.86. The van der Waals surface area contributed by atoms with Crippen molar-refractivity contribution in [3.8, 4) is 6.07 Å². The normalized spacial score (nSPS) is 18.0. The quantitative estimate of drug-likeness (QED) is 0.457. The minimum atomic E-state index is -0.408. The van der Waals surface area contributed by atoms with Crippen LogP contribution in [0.15, 0.2) is 46.4 Å². The molecule has 0 saturated heterocycles. The molecule has 150 valence electrons. The molecule has 1 N–H and O–H groups in total. The monoisotopic (exact) mass is 451 g/mol. The van der Waals surface area contributed by atoms with Crippen molar-refractivity contribution < 1.29 is 4.79 Å². The predicted octanol–water partition coefficient (Wildman–Crippen LogP) is 6.03. The summed E-state index contributed by atoms with van der Waals surface area (Å²) in [5.41, 5.74) is 5.26. The van der Waals surface area contributed by atoms with Gasteiger partial charge in [0.1, 0.15) is 11.6 Å². The number of nitrogens with zero attached hydrogens (tertiary/aromatic N) is 2. The van der Waals surface area contributed by atoms with Gasteiger partial charge < -0.3 is 10.2 Å². The molecule has 29 heavy (non-hydrogen) atoms. The van der Waals surface area contributed by atoms with Crippen LogP contribution in [-0.4, -0.2) is 18.5 Å². The molecule has 0 bridgehead atoms. The molecular weight excluding hydrogens is 426 g/mol. The molecule has 1 heterocycles. The van der Waals surface area contributed by atoms with Gasteiger partial charge >= 0.3 is 0 Å². The van der Waals surface area contributed by atoms with Crippen LogP contribution in [0.2, 0.25) is 0 Å². The van der Waals surface area contributed by atoms with E-state index in [9.17, 15) is 10.1 Å². The lowest BCUT2D eigenvalue weighted by Gasteiger charge is -2.45. The Balaban J connectivity index is 1.95. The van der Waals surface area contributed by atoms with Crippen molar-refractivity contribution in [1.82, 2.24) is 0 Å². The van der Waals surface area contributed by atoms with E-state index in [1.165, 1.54) is 11.3 Å². The van der Waals surface area contributed by atoms with Crippen LogP contribution in [0.3, 0.4) is 0 Å². The summed E-state index contributed by atoms with van der Waals surface area (Å²) >= 11 is 3.39. The van der Waals surface area contributed by atoms with E-state index in [0.29, 0.717) is 11.6 Å². The molecule has 1 aliphatic heterocycles. The number of amides is 1. The number of carbonyl (C=O) groups excluding carboxylic acids is 1. The summed E-state index contributed by atoms with van der Waals surface area (Å²) in [5.74, 6) is -0.000924. The van der Waals surface area contributed by atoms with Crippen LogP contribution in [0, 0.1) is 18.3 Å². The molecule has 0 spiro atoms. The van der Waals surface area contributed by atoms with Gasteiger partial charge in [0.2, 0.25) is 0 Å². The van der Waals surface area contributed by atoms with Crippen molar-refractivity contribution in [3.63, 3.8) is 0 Å². The predicted molar refractivity (Wildman–Crippen MR) is 123 cm³/mol. The van der Waals surface area contributed by atoms with Gasteiger partial charge in [0, 0.05) is 28.4 Å². The summed E-state index contributed by atoms with van der Waals surface area (Å²) in [7, 11) is 2.13. The maximum absolute atomic E-state index is 12.6. The average molecular weight is 452 g/mol. The van der Waals surface area contributed by atoms with Crippen LogP contribution in [0.25, 0.3) is 6.08 Å². The van der Waals surface area contributed by atoms with Crippen molar-refractivity contribution in [2.45, 2.75) is 45.6 Å². The van der Waals surface area contributed by atoms with Crippen LogP contribution < -0.4 is 10.2 Å². The van der Waals surface area contributed by atoms with E-state index in [2.05, 4.69) is 72.2 Å². The zero-order valence-corrected chi connectivity index (χ0v) is 19.1. The number of carbonyl (C=O) groups is 1. The van der Waals surface area contributed by atoms with Crippen molar-refractivity contribution in [3.05, 3.63) is 63.1 Å². The SMILES string of the molecule is Cc1cc2c(cc1/C=C(/C#N)C(=O)Nc1cccc(Br)c1)[C@@H](C)CC(C)(C)N2C. The molecule has 3 rings (SSSR count). The summed E-state index contributed by atoms with van der Waals surface area (Å²) in [6, 6.07) is 13.7. The molecule has 1 amide bonds. The van der Waals surface area contributed by atoms with Gasteiger partial charge in [-0.15, -0.1) is 0 Å². The van der Waals surface area contributed by atoms with E-state index >= 15 is 0 Å². The van der Waals surface area contributed by atoms with E-state index in [0.717, 1.165) is 22.0 Å². The first kappa shape index (κ1) is 21.1. The standard InChI is InChI=1S/C24H26BrN3O/c1-15-9-22-21(16(2)13-24(3,4)28(22)5)11-17(15)10-18(14-26)23(29)27-20-8-6-7-19(25)12-20/h6-12,16H,13H2,1-5H3,(H,27,29)/b18-10-/t16-/m0/s1. The number of hydrogen-bond acceptors (Lipinski definition) is 3. The third kappa shape index (κ3) is 4.38. The molecule has 0 saturated carbocycles. The zero-order valence-electron chi connectivity index (χ0n) is 17.5. The van der Waals surface area contributed by atoms with Gasteiger partial charge in [-0.1, -0.05) is 28.9 Å². The van der Waals surface area contributed by atoms with Gasteiger partial charge in [-0.2, -0.15) is 5.26 Å². The minimum Gasteiger partial charge on any atom is -0.369 e. The maximum atomic E-state index is 12.6. The molecule has 2 aromatic rings. The molecule has 1 aliphatic rings. The maximum Gasteiger partial charge on any atom is 0.266 e. The fraction of sp³-hybridized carbons (Fsp3) is 0.333. The van der Waals surface area contributed by atoms with Gasteiger partial charge in [-0.05, 0) is 86.2 Å². The van der Waals surface area contributed by atoms with Crippen molar-refractivity contribution in [1.29, 1.82) is 5.26 Å². The van der Waals surface area contributed by atoms with E-state index in [1.807, 2.05) is 19.1 Å². The Hall–Kier alpha value is -2.58. The molecule has 0 radical (unpaired) electrons. The molecule has 0 aliphatic carbocycles. The van der Waals surface area contributed by atoms with Crippen molar-refractivity contribution >= 4 is 39.3 Å². The summed E-state index contributed by atoms with van der Waals surface area (Å²) in [5, 5.41) is 12.4. The number of benzene rings is 2. The molecule has 0 fully saturated rings. The van der Waals surface area contributed by atoms with Crippen LogP contribution in [0.4, 0.5) is 11.4 Å². The Labute approximate surface area is 181 Å². The smallest absolute Gasteiger partial charge is 0.266 e. The lowest BCUT2D eigenvalue weighted by Crippen LogP contribution is -2.45.